The molecule has 1 aliphatic heterocycles. The number of ketones is 1. The molecule has 2 aromatic rings. The molecule has 1 atom stereocenters. The first-order chi connectivity index (χ1) is 13.3. The summed E-state index contributed by atoms with van der Waals surface area (Å²) in [6.07, 6.45) is 0. The lowest BCUT2D eigenvalue weighted by Crippen LogP contribution is -2.35. The van der Waals surface area contributed by atoms with E-state index in [1.807, 2.05) is 50.2 Å². The van der Waals surface area contributed by atoms with E-state index in [9.17, 15) is 19.1 Å². The average Bonchev–Trinajstić information content (AvgIpc) is 2.91. The summed E-state index contributed by atoms with van der Waals surface area (Å²) in [7, 11) is 3.77. The van der Waals surface area contributed by atoms with Gasteiger partial charge >= 0.3 is 0 Å². The number of carbonyl (C=O) groups excluding carboxylic acids is 2. The molecular weight excluding hydrogens is 359 g/mol. The average molecular weight is 382 g/mol. The number of carbonyl (C=O) groups is 2. The maximum Gasteiger partial charge on any atom is 0.295 e. The van der Waals surface area contributed by atoms with Crippen LogP contribution in [0.2, 0.25) is 0 Å². The second-order valence-corrected chi connectivity index (χ2v) is 7.21. The molecule has 0 aromatic heterocycles. The fourth-order valence-electron chi connectivity index (χ4n) is 3.28. The van der Waals surface area contributed by atoms with Crippen molar-refractivity contribution in [3.63, 3.8) is 0 Å². The Morgan fingerprint density at radius 2 is 1.68 bits per heavy atom. The number of rotatable bonds is 5. The van der Waals surface area contributed by atoms with Crippen LogP contribution in [0.3, 0.4) is 0 Å². The van der Waals surface area contributed by atoms with Crippen LogP contribution in [0.1, 0.15) is 22.7 Å². The van der Waals surface area contributed by atoms with Crippen molar-refractivity contribution < 1.29 is 19.1 Å². The SMILES string of the molecule is Cc1ccc(C2/C(=C(/O)c3ccc(F)cc3)C(=O)C(=O)N2CCN(C)C)cc1. The molecule has 28 heavy (non-hydrogen) atoms. The molecule has 1 fully saturated rings. The molecule has 1 amide bonds. The first-order valence-corrected chi connectivity index (χ1v) is 9.05. The quantitative estimate of drug-likeness (QED) is 0.490. The van der Waals surface area contributed by atoms with Gasteiger partial charge in [-0.25, -0.2) is 4.39 Å². The topological polar surface area (TPSA) is 60.9 Å². The first kappa shape index (κ1) is 19.8. The van der Waals surface area contributed by atoms with Crippen molar-refractivity contribution in [2.75, 3.05) is 27.2 Å². The van der Waals surface area contributed by atoms with Gasteiger partial charge in [-0.1, -0.05) is 29.8 Å². The van der Waals surface area contributed by atoms with Gasteiger partial charge in [0, 0.05) is 18.7 Å². The fourth-order valence-corrected chi connectivity index (χ4v) is 3.28. The van der Waals surface area contributed by atoms with Crippen LogP contribution in [0.5, 0.6) is 0 Å². The van der Waals surface area contributed by atoms with Crippen molar-refractivity contribution in [1.29, 1.82) is 0 Å². The fraction of sp³-hybridized carbons (Fsp3) is 0.273. The van der Waals surface area contributed by atoms with Crippen LogP contribution in [-0.4, -0.2) is 53.8 Å². The smallest absolute Gasteiger partial charge is 0.295 e. The number of halogens is 1. The molecule has 6 heteroatoms. The molecule has 146 valence electrons. The van der Waals surface area contributed by atoms with Crippen LogP contribution in [0.4, 0.5) is 4.39 Å². The Hall–Kier alpha value is -2.99. The van der Waals surface area contributed by atoms with Crippen molar-refractivity contribution in [3.05, 3.63) is 76.6 Å². The second kappa shape index (κ2) is 7.94. The highest BCUT2D eigenvalue weighted by molar-refractivity contribution is 6.46. The highest BCUT2D eigenvalue weighted by atomic mass is 19.1. The van der Waals surface area contributed by atoms with E-state index in [2.05, 4.69) is 0 Å². The lowest BCUT2D eigenvalue weighted by atomic mass is 9.95. The number of benzene rings is 2. The molecule has 1 heterocycles. The highest BCUT2D eigenvalue weighted by Gasteiger charge is 2.45. The predicted octanol–water partition coefficient (Wildman–Crippen LogP) is 3.12. The van der Waals surface area contributed by atoms with E-state index in [1.165, 1.54) is 29.2 Å². The Labute approximate surface area is 163 Å². The number of nitrogens with zero attached hydrogens (tertiary/aromatic N) is 2. The summed E-state index contributed by atoms with van der Waals surface area (Å²) in [5, 5.41) is 10.8. The number of likely N-dealkylation sites (tertiary alicyclic amines) is 1. The van der Waals surface area contributed by atoms with E-state index in [1.54, 1.807) is 0 Å². The summed E-state index contributed by atoms with van der Waals surface area (Å²) in [5.41, 5.74) is 2.11. The molecule has 2 aromatic carbocycles. The number of Topliss-reactive ketones (excluding diaryl/α,β-unsaturated/α-hetero) is 1. The minimum atomic E-state index is -0.730. The number of amides is 1. The molecule has 0 bridgehead atoms. The van der Waals surface area contributed by atoms with Gasteiger partial charge in [0.25, 0.3) is 11.7 Å². The summed E-state index contributed by atoms with van der Waals surface area (Å²) in [4.78, 5) is 28.9. The van der Waals surface area contributed by atoms with Crippen molar-refractivity contribution in [2.24, 2.45) is 0 Å². The minimum Gasteiger partial charge on any atom is -0.507 e. The van der Waals surface area contributed by atoms with Crippen molar-refractivity contribution >= 4 is 17.4 Å². The molecule has 1 aliphatic rings. The van der Waals surface area contributed by atoms with Crippen LogP contribution in [0.25, 0.3) is 5.76 Å². The summed E-state index contributed by atoms with van der Waals surface area (Å²) in [6.45, 7) is 2.87. The summed E-state index contributed by atoms with van der Waals surface area (Å²) in [6, 6.07) is 12.0. The monoisotopic (exact) mass is 382 g/mol. The van der Waals surface area contributed by atoms with Gasteiger partial charge in [-0.15, -0.1) is 0 Å². The molecule has 1 saturated heterocycles. The van der Waals surface area contributed by atoms with Crippen molar-refractivity contribution in [2.45, 2.75) is 13.0 Å². The van der Waals surface area contributed by atoms with Crippen LogP contribution in [-0.2, 0) is 9.59 Å². The van der Waals surface area contributed by atoms with Crippen LogP contribution < -0.4 is 0 Å². The third kappa shape index (κ3) is 3.82. The zero-order valence-electron chi connectivity index (χ0n) is 16.1. The van der Waals surface area contributed by atoms with Crippen LogP contribution in [0, 0.1) is 12.7 Å². The van der Waals surface area contributed by atoms with E-state index < -0.39 is 23.5 Å². The molecule has 1 unspecified atom stereocenters. The van der Waals surface area contributed by atoms with E-state index in [0.29, 0.717) is 18.7 Å². The molecule has 0 spiro atoms. The van der Waals surface area contributed by atoms with E-state index in [-0.39, 0.29) is 11.3 Å². The molecule has 5 nitrogen and oxygen atoms in total. The number of aryl methyl sites for hydroxylation is 1. The lowest BCUT2D eigenvalue weighted by Gasteiger charge is -2.26. The number of hydrogen-bond donors (Lipinski definition) is 1. The number of likely N-dealkylation sites (N-methyl/N-ethyl adjacent to an activating group) is 1. The Morgan fingerprint density at radius 1 is 1.07 bits per heavy atom. The van der Waals surface area contributed by atoms with Crippen LogP contribution in [0.15, 0.2) is 54.1 Å². The summed E-state index contributed by atoms with van der Waals surface area (Å²) in [5.74, 6) is -2.11. The number of aliphatic hydroxyl groups is 1. The zero-order valence-corrected chi connectivity index (χ0v) is 16.1. The largest absolute Gasteiger partial charge is 0.507 e. The molecular formula is C22H23FN2O3. The minimum absolute atomic E-state index is 0.0271. The Balaban J connectivity index is 2.13. The maximum atomic E-state index is 13.3. The van der Waals surface area contributed by atoms with Crippen molar-refractivity contribution in [1.82, 2.24) is 9.80 Å². The van der Waals surface area contributed by atoms with Crippen molar-refractivity contribution in [3.8, 4) is 0 Å². The Morgan fingerprint density at radius 3 is 2.25 bits per heavy atom. The molecule has 0 radical (unpaired) electrons. The van der Waals surface area contributed by atoms with E-state index in [0.717, 1.165) is 11.1 Å². The first-order valence-electron chi connectivity index (χ1n) is 9.05. The van der Waals surface area contributed by atoms with Gasteiger partial charge in [0.1, 0.15) is 11.6 Å². The molecule has 1 N–H and O–H groups in total. The molecule has 3 rings (SSSR count). The van der Waals surface area contributed by atoms with Gasteiger partial charge in [0.05, 0.1) is 11.6 Å². The summed E-state index contributed by atoms with van der Waals surface area (Å²) >= 11 is 0. The van der Waals surface area contributed by atoms with Gasteiger partial charge < -0.3 is 14.9 Å². The number of hydrogen-bond acceptors (Lipinski definition) is 4. The van der Waals surface area contributed by atoms with Gasteiger partial charge in [0.15, 0.2) is 0 Å². The normalized spacial score (nSPS) is 18.9. The zero-order chi connectivity index (χ0) is 20.4. The van der Waals surface area contributed by atoms with Gasteiger partial charge in [-0.3, -0.25) is 9.59 Å². The Bertz CT molecular complexity index is 918. The second-order valence-electron chi connectivity index (χ2n) is 7.21. The van der Waals surface area contributed by atoms with E-state index >= 15 is 0 Å². The van der Waals surface area contributed by atoms with Crippen LogP contribution >= 0.6 is 0 Å². The van der Waals surface area contributed by atoms with Gasteiger partial charge in [-0.2, -0.15) is 0 Å². The predicted molar refractivity (Wildman–Crippen MR) is 105 cm³/mol. The third-order valence-corrected chi connectivity index (χ3v) is 4.84. The molecule has 0 aliphatic carbocycles. The Kier molecular flexibility index (Phi) is 5.61. The maximum absolute atomic E-state index is 13.3. The van der Waals surface area contributed by atoms with Gasteiger partial charge in [0.2, 0.25) is 0 Å². The summed E-state index contributed by atoms with van der Waals surface area (Å²) < 4.78 is 13.3. The standard InChI is InChI=1S/C22H23FN2O3/c1-14-4-6-15(7-5-14)19-18(20(26)16-8-10-17(23)11-9-16)21(27)22(28)25(19)13-12-24(2)3/h4-11,19,26H,12-13H2,1-3H3/b20-18-. The number of aliphatic hydroxyl groups excluding tert-OH is 1. The highest BCUT2D eigenvalue weighted by Crippen LogP contribution is 2.39. The molecule has 0 saturated carbocycles. The van der Waals surface area contributed by atoms with Gasteiger partial charge in [-0.05, 0) is 50.8 Å². The lowest BCUT2D eigenvalue weighted by molar-refractivity contribution is -0.140. The third-order valence-electron chi connectivity index (χ3n) is 4.84. The van der Waals surface area contributed by atoms with E-state index in [4.69, 9.17) is 0 Å².